The van der Waals surface area contributed by atoms with Gasteiger partial charge in [-0.2, -0.15) is 0 Å². The Kier molecular flexibility index (Phi) is 9.58. The van der Waals surface area contributed by atoms with E-state index >= 15 is 0 Å². The van der Waals surface area contributed by atoms with Gasteiger partial charge in [0.1, 0.15) is 44.7 Å². The first-order valence-corrected chi connectivity index (χ1v) is 20.6. The Hall–Kier alpha value is -5.78. The largest absolute Gasteiger partial charge is 0.569 e. The zero-order chi connectivity index (χ0) is 39.3. The van der Waals surface area contributed by atoms with Gasteiger partial charge in [-0.15, -0.1) is 0 Å². The highest BCUT2D eigenvalue weighted by atomic mass is 79.9. The van der Waals surface area contributed by atoms with Crippen LogP contribution in [-0.2, 0) is 0 Å². The smallest absolute Gasteiger partial charge is 0.537 e. The van der Waals surface area contributed by atoms with Crippen molar-refractivity contribution in [3.8, 4) is 16.9 Å². The molecule has 0 unspecified atom stereocenters. The van der Waals surface area contributed by atoms with Crippen molar-refractivity contribution in [2.75, 3.05) is 0 Å². The van der Waals surface area contributed by atoms with E-state index in [9.17, 15) is 0 Å². The minimum Gasteiger partial charge on any atom is -0.537 e. The molecule has 12 aromatic rings. The van der Waals surface area contributed by atoms with Gasteiger partial charge >= 0.3 is 7.69 Å². The second kappa shape index (κ2) is 15.2. The molecule has 279 valence electrons. The third-order valence-electron chi connectivity index (χ3n) is 10.1. The van der Waals surface area contributed by atoms with Crippen LogP contribution in [0.1, 0.15) is 0 Å². The number of benzene rings is 8. The summed E-state index contributed by atoms with van der Waals surface area (Å²) in [5, 5.41) is 17.0. The maximum absolute atomic E-state index is 8.17. The summed E-state index contributed by atoms with van der Waals surface area (Å²) < 4.78 is 32.0. The van der Waals surface area contributed by atoms with Crippen LogP contribution >= 0.6 is 47.8 Å². The van der Waals surface area contributed by atoms with E-state index in [-0.39, 0.29) is 0 Å². The van der Waals surface area contributed by atoms with Crippen LogP contribution in [0.4, 0.5) is 0 Å². The van der Waals surface area contributed by atoms with E-state index in [0.717, 1.165) is 101 Å². The Labute approximate surface area is 356 Å². The van der Waals surface area contributed by atoms with Gasteiger partial charge in [0.2, 0.25) is 0 Å². The van der Waals surface area contributed by atoms with E-state index in [2.05, 4.69) is 113 Å². The Balaban J connectivity index is 0.000000118. The highest BCUT2D eigenvalue weighted by molar-refractivity contribution is 9.11. The molecule has 1 radical (unpaired) electrons. The van der Waals surface area contributed by atoms with Gasteiger partial charge in [-0.3, -0.25) is 0 Å². The second-order valence-corrected chi connectivity index (χ2v) is 16.3. The van der Waals surface area contributed by atoms with Gasteiger partial charge in [0.05, 0.1) is 5.75 Å². The van der Waals surface area contributed by atoms with Gasteiger partial charge in [0.15, 0.2) is 0 Å². The Morgan fingerprint density at radius 3 is 1.10 bits per heavy atom. The van der Waals surface area contributed by atoms with Crippen molar-refractivity contribution in [1.29, 1.82) is 0 Å². The Bertz CT molecular complexity index is 3360. The summed E-state index contributed by atoms with van der Waals surface area (Å²) in [5.74, 6) is 0.639. The molecule has 0 amide bonds. The molecule has 12 rings (SSSR count). The SMILES string of the molecule is Brc1ccc2oc3ccc4oc5ccc(-c6ccccc6)cc5c4c3c2c1.Brc1ccc2oc3ccc4oc5ccc(Br)cc5c4c3c2c1.O[B]Oc1ccccc1. The average molecular weight is 950 g/mol. The number of halogens is 3. The molecular formula is C48H27BBr3O6. The normalized spacial score (nSPS) is 11.4. The molecule has 0 saturated carbocycles. The number of hydrogen-bond donors (Lipinski definition) is 1. The van der Waals surface area contributed by atoms with Crippen molar-refractivity contribution < 1.29 is 27.3 Å². The molecule has 0 fully saturated rings. The fourth-order valence-corrected chi connectivity index (χ4v) is 8.64. The maximum atomic E-state index is 8.17. The van der Waals surface area contributed by atoms with Crippen molar-refractivity contribution >= 4 is 143 Å². The number of fused-ring (bicyclic) bond motifs is 14. The zero-order valence-electron chi connectivity index (χ0n) is 30.2. The van der Waals surface area contributed by atoms with Crippen LogP contribution in [0.3, 0.4) is 0 Å². The molecule has 58 heavy (non-hydrogen) atoms. The lowest BCUT2D eigenvalue weighted by Crippen LogP contribution is -1.98. The first-order chi connectivity index (χ1) is 28.4. The summed E-state index contributed by atoms with van der Waals surface area (Å²) >= 11 is 10.7. The molecule has 4 heterocycles. The summed E-state index contributed by atoms with van der Waals surface area (Å²) in [4.78, 5) is 0. The minimum atomic E-state index is 0.639. The molecule has 0 spiro atoms. The molecule has 0 aliphatic rings. The molecule has 8 aromatic carbocycles. The maximum Gasteiger partial charge on any atom is 0.569 e. The Morgan fingerprint density at radius 2 is 0.707 bits per heavy atom. The molecule has 10 heteroatoms. The Morgan fingerprint density at radius 1 is 0.362 bits per heavy atom. The first-order valence-electron chi connectivity index (χ1n) is 18.2. The van der Waals surface area contributed by atoms with Gasteiger partial charge in [0, 0.05) is 56.5 Å². The van der Waals surface area contributed by atoms with Crippen molar-refractivity contribution in [1.82, 2.24) is 0 Å². The van der Waals surface area contributed by atoms with Gasteiger partial charge < -0.3 is 27.3 Å². The van der Waals surface area contributed by atoms with Gasteiger partial charge in [-0.05, 0) is 114 Å². The summed E-state index contributed by atoms with van der Waals surface area (Å²) in [6, 6.07) is 52.1. The van der Waals surface area contributed by atoms with E-state index in [1.165, 1.54) is 11.1 Å². The molecule has 0 saturated heterocycles. The fourth-order valence-electron chi connectivity index (χ4n) is 7.56. The summed E-state index contributed by atoms with van der Waals surface area (Å²) in [6.45, 7) is 0. The summed E-state index contributed by atoms with van der Waals surface area (Å²) in [7, 11) is 0.662. The average Bonchev–Trinajstić information content (AvgIpc) is 4.01. The number of para-hydroxylation sites is 1. The highest BCUT2D eigenvalue weighted by Crippen LogP contribution is 2.43. The highest BCUT2D eigenvalue weighted by Gasteiger charge is 2.18. The van der Waals surface area contributed by atoms with E-state index in [1.54, 1.807) is 12.1 Å². The minimum absolute atomic E-state index is 0.639. The van der Waals surface area contributed by atoms with E-state index in [4.69, 9.17) is 22.7 Å². The van der Waals surface area contributed by atoms with Crippen LogP contribution in [0.15, 0.2) is 189 Å². The molecule has 6 nitrogen and oxygen atoms in total. The summed E-state index contributed by atoms with van der Waals surface area (Å²) in [5.41, 5.74) is 9.43. The lowest BCUT2D eigenvalue weighted by Gasteiger charge is -2.01. The van der Waals surface area contributed by atoms with Crippen molar-refractivity contribution in [3.63, 3.8) is 0 Å². The fraction of sp³-hybridized carbons (Fsp3) is 0. The van der Waals surface area contributed by atoms with Gasteiger partial charge in [0.25, 0.3) is 0 Å². The number of rotatable bonds is 3. The van der Waals surface area contributed by atoms with Crippen LogP contribution in [-0.4, -0.2) is 12.7 Å². The number of hydrogen-bond acceptors (Lipinski definition) is 6. The van der Waals surface area contributed by atoms with Crippen molar-refractivity contribution in [2.24, 2.45) is 0 Å². The monoisotopic (exact) mass is 947 g/mol. The predicted octanol–water partition coefficient (Wildman–Crippen LogP) is 15.5. The van der Waals surface area contributed by atoms with Crippen molar-refractivity contribution in [3.05, 3.63) is 171 Å². The first kappa shape index (κ1) is 36.6. The standard InChI is InChI=1S/C24H13BrO2.C18H8Br2O2.C6H6BO2/c25-16-7-9-20-18(13-16)24-22(27-20)11-10-21-23(24)17-12-15(6-8-19(17)26-21)14-4-2-1-3-5-14;19-9-1-3-13-11(7-9)17-15(21-13)5-6-16-18(17)12-8-10(20)2-4-14(12)22-16;8-7-9-6-4-2-1-3-5-6/h1-13H;1-8H;1-5,8H. The molecule has 0 aliphatic carbocycles. The molecular weight excluding hydrogens is 923 g/mol. The van der Waals surface area contributed by atoms with Crippen LogP contribution in [0, 0.1) is 0 Å². The van der Waals surface area contributed by atoms with Crippen LogP contribution < -0.4 is 4.65 Å². The molecule has 1 N–H and O–H groups in total. The molecule has 0 aliphatic heterocycles. The quantitative estimate of drug-likeness (QED) is 0.178. The third-order valence-corrected chi connectivity index (χ3v) is 11.5. The van der Waals surface area contributed by atoms with E-state index < -0.39 is 0 Å². The second-order valence-electron chi connectivity index (χ2n) is 13.6. The van der Waals surface area contributed by atoms with Crippen LogP contribution in [0.2, 0.25) is 0 Å². The van der Waals surface area contributed by atoms with Crippen molar-refractivity contribution in [2.45, 2.75) is 0 Å². The van der Waals surface area contributed by atoms with Gasteiger partial charge in [-0.25, -0.2) is 0 Å². The molecule has 0 bridgehead atoms. The van der Waals surface area contributed by atoms with Crippen LogP contribution in [0.5, 0.6) is 5.75 Å². The zero-order valence-corrected chi connectivity index (χ0v) is 35.0. The van der Waals surface area contributed by atoms with E-state index in [0.29, 0.717) is 13.4 Å². The molecule has 0 atom stereocenters. The van der Waals surface area contributed by atoms with E-state index in [1.807, 2.05) is 84.9 Å². The topological polar surface area (TPSA) is 82.0 Å². The van der Waals surface area contributed by atoms with Crippen LogP contribution in [0.25, 0.3) is 98.9 Å². The molecule has 4 aromatic heterocycles. The lowest BCUT2D eigenvalue weighted by atomic mass is 10.0. The van der Waals surface area contributed by atoms with Gasteiger partial charge in [-0.1, -0.05) is 102 Å². The summed E-state index contributed by atoms with van der Waals surface area (Å²) in [6.07, 6.45) is 0. The third kappa shape index (κ3) is 6.66. The lowest BCUT2D eigenvalue weighted by molar-refractivity contribution is 0.454. The predicted molar refractivity (Wildman–Crippen MR) is 246 cm³/mol. The number of furan rings is 4.